The van der Waals surface area contributed by atoms with E-state index < -0.39 is 5.91 Å². The number of thioether (sulfide) groups is 1. The third kappa shape index (κ3) is 2.02. The summed E-state index contributed by atoms with van der Waals surface area (Å²) in [5.74, 6) is 0.435. The highest BCUT2D eigenvalue weighted by molar-refractivity contribution is 7.99. The van der Waals surface area contributed by atoms with E-state index in [1.54, 1.807) is 6.33 Å². The van der Waals surface area contributed by atoms with E-state index in [1.165, 1.54) is 23.1 Å². The number of hydrogen-bond acceptors (Lipinski definition) is 7. The molecule has 4 N–H and O–H groups in total. The van der Waals surface area contributed by atoms with Crippen molar-refractivity contribution in [3.05, 3.63) is 17.0 Å². The van der Waals surface area contributed by atoms with Crippen LogP contribution in [-0.4, -0.2) is 33.5 Å². The Balaban J connectivity index is 1.99. The molecule has 3 rings (SSSR count). The first-order valence-electron chi connectivity index (χ1n) is 5.99. The molecule has 0 aliphatic carbocycles. The Morgan fingerprint density at radius 2 is 2.30 bits per heavy atom. The third-order valence-corrected chi connectivity index (χ3v) is 5.47. The highest BCUT2D eigenvalue weighted by atomic mass is 32.2. The molecular formula is C11H14N6OS2. The summed E-state index contributed by atoms with van der Waals surface area (Å²) in [5, 5.41) is 8.99. The number of hydrogen-bond donors (Lipinski definition) is 2. The Labute approximate surface area is 123 Å². The number of fused-ring (bicyclic) bond motifs is 1. The highest BCUT2D eigenvalue weighted by Crippen LogP contribution is 2.44. The molecule has 9 heteroatoms. The fourth-order valence-corrected chi connectivity index (χ4v) is 4.30. The molecule has 1 amide bonds. The first-order valence-corrected chi connectivity index (χ1v) is 8.03. The van der Waals surface area contributed by atoms with Crippen LogP contribution in [0.5, 0.6) is 0 Å². The van der Waals surface area contributed by atoms with Crippen molar-refractivity contribution in [2.75, 3.05) is 23.4 Å². The summed E-state index contributed by atoms with van der Waals surface area (Å²) in [6, 6.07) is 0. The van der Waals surface area contributed by atoms with Gasteiger partial charge in [0.1, 0.15) is 16.2 Å². The average molecular weight is 310 g/mol. The Bertz CT molecular complexity index is 664. The number of amides is 1. The number of nitrogens with two attached hydrogens (primary N) is 2. The largest absolute Gasteiger partial charge is 0.396 e. The Morgan fingerprint density at radius 3 is 3.00 bits per heavy atom. The maximum Gasteiger partial charge on any atom is 0.261 e. The minimum Gasteiger partial charge on any atom is -0.396 e. The van der Waals surface area contributed by atoms with Gasteiger partial charge in [0.25, 0.3) is 5.91 Å². The van der Waals surface area contributed by atoms with E-state index in [2.05, 4.69) is 15.1 Å². The lowest BCUT2D eigenvalue weighted by atomic mass is 10.3. The predicted molar refractivity (Wildman–Crippen MR) is 80.1 cm³/mol. The van der Waals surface area contributed by atoms with Crippen LogP contribution in [0.1, 0.15) is 15.5 Å². The summed E-state index contributed by atoms with van der Waals surface area (Å²) in [4.78, 5) is 15.0. The standard InChI is InChI=1S/C11H14N6OS2/c1-19-9-7(12)8(10(13)18)20-11(9)16-2-3-17-5-14-15-6(17)4-16/h5H,2-4,12H2,1H3,(H2,13,18). The predicted octanol–water partition coefficient (Wildman–Crippen LogP) is 0.763. The molecule has 1 aliphatic rings. The molecule has 0 bridgehead atoms. The van der Waals surface area contributed by atoms with Crippen LogP contribution < -0.4 is 16.4 Å². The van der Waals surface area contributed by atoms with Gasteiger partial charge < -0.3 is 20.9 Å². The van der Waals surface area contributed by atoms with Gasteiger partial charge in [0.2, 0.25) is 0 Å². The van der Waals surface area contributed by atoms with Gasteiger partial charge in [-0.25, -0.2) is 0 Å². The smallest absolute Gasteiger partial charge is 0.261 e. The van der Waals surface area contributed by atoms with Crippen molar-refractivity contribution in [2.24, 2.45) is 5.73 Å². The molecule has 0 aromatic carbocycles. The number of thiophene rings is 1. The topological polar surface area (TPSA) is 103 Å². The van der Waals surface area contributed by atoms with Crippen LogP contribution >= 0.6 is 23.1 Å². The van der Waals surface area contributed by atoms with Crippen LogP contribution in [0.4, 0.5) is 10.7 Å². The molecule has 0 atom stereocenters. The van der Waals surface area contributed by atoms with E-state index >= 15 is 0 Å². The first kappa shape index (κ1) is 13.3. The number of carbonyl (C=O) groups excluding carboxylic acids is 1. The summed E-state index contributed by atoms with van der Waals surface area (Å²) in [7, 11) is 0. The van der Waals surface area contributed by atoms with Gasteiger partial charge in [0.05, 0.1) is 17.1 Å². The molecule has 0 unspecified atom stereocenters. The van der Waals surface area contributed by atoms with Gasteiger partial charge in [-0.05, 0) is 6.26 Å². The van der Waals surface area contributed by atoms with Crippen LogP contribution in [0.15, 0.2) is 11.2 Å². The van der Waals surface area contributed by atoms with Crippen molar-refractivity contribution in [1.82, 2.24) is 14.8 Å². The van der Waals surface area contributed by atoms with Gasteiger partial charge in [-0.3, -0.25) is 4.79 Å². The van der Waals surface area contributed by atoms with Gasteiger partial charge in [-0.2, -0.15) is 0 Å². The quantitative estimate of drug-likeness (QED) is 0.811. The maximum atomic E-state index is 11.4. The molecule has 3 heterocycles. The number of nitrogen functional groups attached to an aromatic ring is 1. The lowest BCUT2D eigenvalue weighted by Gasteiger charge is -2.28. The van der Waals surface area contributed by atoms with Crippen LogP contribution in [-0.2, 0) is 13.1 Å². The lowest BCUT2D eigenvalue weighted by Crippen LogP contribution is -2.33. The number of primary amides is 1. The molecule has 0 fully saturated rings. The van der Waals surface area contributed by atoms with Gasteiger partial charge >= 0.3 is 0 Å². The van der Waals surface area contributed by atoms with E-state index in [0.717, 1.165) is 28.8 Å². The van der Waals surface area contributed by atoms with Gasteiger partial charge in [0.15, 0.2) is 5.82 Å². The minimum atomic E-state index is -0.478. The highest BCUT2D eigenvalue weighted by Gasteiger charge is 2.26. The fraction of sp³-hybridized carbons (Fsp3) is 0.364. The van der Waals surface area contributed by atoms with Crippen LogP contribution in [0.25, 0.3) is 0 Å². The number of aromatic nitrogens is 3. The second-order valence-electron chi connectivity index (χ2n) is 4.41. The Morgan fingerprint density at radius 1 is 1.50 bits per heavy atom. The second kappa shape index (κ2) is 4.98. The van der Waals surface area contributed by atoms with Crippen LogP contribution in [0.3, 0.4) is 0 Å². The van der Waals surface area contributed by atoms with Crippen molar-refractivity contribution in [3.8, 4) is 0 Å². The van der Waals surface area contributed by atoms with Crippen molar-refractivity contribution >= 4 is 39.7 Å². The molecule has 0 saturated heterocycles. The van der Waals surface area contributed by atoms with Crippen molar-refractivity contribution in [1.29, 1.82) is 0 Å². The summed E-state index contributed by atoms with van der Waals surface area (Å²) in [6.45, 7) is 2.31. The van der Waals surface area contributed by atoms with E-state index in [1.807, 2.05) is 10.8 Å². The zero-order valence-electron chi connectivity index (χ0n) is 10.9. The molecule has 1 aliphatic heterocycles. The first-order chi connectivity index (χ1) is 9.61. The average Bonchev–Trinajstić information content (AvgIpc) is 3.01. The monoisotopic (exact) mass is 310 g/mol. The third-order valence-electron chi connectivity index (χ3n) is 3.24. The summed E-state index contributed by atoms with van der Waals surface area (Å²) < 4.78 is 2.03. The van der Waals surface area contributed by atoms with E-state index in [0.29, 0.717) is 17.1 Å². The molecule has 0 radical (unpaired) electrons. The number of rotatable bonds is 3. The van der Waals surface area contributed by atoms with Crippen LogP contribution in [0, 0.1) is 0 Å². The number of nitrogens with zero attached hydrogens (tertiary/aromatic N) is 4. The maximum absolute atomic E-state index is 11.4. The molecule has 2 aromatic rings. The summed E-state index contributed by atoms with van der Waals surface area (Å²) >= 11 is 2.88. The number of anilines is 2. The number of carbonyl (C=O) groups is 1. The fourth-order valence-electron chi connectivity index (χ4n) is 2.24. The molecule has 7 nitrogen and oxygen atoms in total. The summed E-state index contributed by atoms with van der Waals surface area (Å²) in [5.41, 5.74) is 11.9. The second-order valence-corrected chi connectivity index (χ2v) is 6.23. The zero-order chi connectivity index (χ0) is 14.3. The van der Waals surface area contributed by atoms with E-state index in [4.69, 9.17) is 11.5 Å². The van der Waals surface area contributed by atoms with Crippen molar-refractivity contribution in [3.63, 3.8) is 0 Å². The molecule has 2 aromatic heterocycles. The molecule has 0 saturated carbocycles. The summed E-state index contributed by atoms with van der Waals surface area (Å²) in [6.07, 6.45) is 3.68. The molecular weight excluding hydrogens is 296 g/mol. The van der Waals surface area contributed by atoms with Gasteiger partial charge in [0, 0.05) is 13.1 Å². The van der Waals surface area contributed by atoms with Gasteiger partial charge in [-0.1, -0.05) is 0 Å². The van der Waals surface area contributed by atoms with E-state index in [9.17, 15) is 4.79 Å². The zero-order valence-corrected chi connectivity index (χ0v) is 12.5. The van der Waals surface area contributed by atoms with Crippen molar-refractivity contribution < 1.29 is 4.79 Å². The SMILES string of the molecule is CSc1c(N2CCn3cnnc3C2)sc(C(N)=O)c1N. The molecule has 106 valence electrons. The van der Waals surface area contributed by atoms with Crippen LogP contribution in [0.2, 0.25) is 0 Å². The van der Waals surface area contributed by atoms with Crippen molar-refractivity contribution in [2.45, 2.75) is 18.0 Å². The lowest BCUT2D eigenvalue weighted by molar-refractivity contribution is 0.100. The van der Waals surface area contributed by atoms with Gasteiger partial charge in [-0.15, -0.1) is 33.3 Å². The normalized spacial score (nSPS) is 14.3. The molecule has 0 spiro atoms. The Kier molecular flexibility index (Phi) is 3.30. The van der Waals surface area contributed by atoms with E-state index in [-0.39, 0.29) is 0 Å². The Hall–Kier alpha value is -1.74. The molecule has 20 heavy (non-hydrogen) atoms. The minimum absolute atomic E-state index is 0.427.